The lowest BCUT2D eigenvalue weighted by molar-refractivity contribution is -0.180. The number of Topliss-reactive ketones (excluding diaryl/α,β-unsaturated/α-hetero) is 2. The van der Waals surface area contributed by atoms with Crippen molar-refractivity contribution in [1.82, 2.24) is 19.9 Å². The Bertz CT molecular complexity index is 1440. The lowest BCUT2D eigenvalue weighted by Gasteiger charge is -2.41. The molecule has 2 aliphatic rings. The number of amides is 1. The summed E-state index contributed by atoms with van der Waals surface area (Å²) >= 11 is 0. The number of cyclic esters (lactones) is 1. The lowest BCUT2D eigenvalue weighted by Crippen LogP contribution is -2.58. The van der Waals surface area contributed by atoms with E-state index < -0.39 is 53.1 Å². The summed E-state index contributed by atoms with van der Waals surface area (Å²) < 4.78 is 29.2. The van der Waals surface area contributed by atoms with E-state index >= 15 is 4.39 Å². The van der Waals surface area contributed by atoms with Gasteiger partial charge in [-0.3, -0.25) is 14.3 Å². The monoisotopic (exact) mass is 640 g/mol. The van der Waals surface area contributed by atoms with Gasteiger partial charge in [0.05, 0.1) is 12.2 Å². The van der Waals surface area contributed by atoms with E-state index in [4.69, 9.17) is 9.47 Å². The molecule has 1 aromatic heterocycles. The van der Waals surface area contributed by atoms with Gasteiger partial charge in [-0.1, -0.05) is 63.6 Å². The topological polar surface area (TPSA) is 121 Å². The molecule has 0 bridgehead atoms. The first-order chi connectivity index (χ1) is 21.6. The van der Waals surface area contributed by atoms with Gasteiger partial charge in [0.25, 0.3) is 5.67 Å². The molecule has 0 aliphatic carbocycles. The van der Waals surface area contributed by atoms with Crippen LogP contribution in [0.25, 0.3) is 11.3 Å². The van der Waals surface area contributed by atoms with E-state index in [0.29, 0.717) is 38.8 Å². The lowest BCUT2D eigenvalue weighted by atomic mass is 9.75. The number of ether oxygens (including phenoxy) is 2. The van der Waals surface area contributed by atoms with Crippen molar-refractivity contribution in [2.45, 2.75) is 117 Å². The van der Waals surface area contributed by atoms with Crippen molar-refractivity contribution in [3.05, 3.63) is 36.0 Å². The van der Waals surface area contributed by atoms with Crippen LogP contribution >= 0.6 is 0 Å². The average Bonchev–Trinajstić information content (AvgIpc) is 3.57. The molecular formula is C35H49FN4O6. The molecule has 11 heteroatoms. The van der Waals surface area contributed by atoms with Crippen molar-refractivity contribution in [2.24, 2.45) is 23.7 Å². The molecule has 2 saturated heterocycles. The molecule has 10 nitrogen and oxygen atoms in total. The molecular weight excluding hydrogens is 591 g/mol. The van der Waals surface area contributed by atoms with Crippen molar-refractivity contribution in [2.75, 3.05) is 6.54 Å². The van der Waals surface area contributed by atoms with Crippen LogP contribution in [0.2, 0.25) is 0 Å². The summed E-state index contributed by atoms with van der Waals surface area (Å²) in [6, 6.07) is 7.26. The van der Waals surface area contributed by atoms with E-state index in [1.165, 1.54) is 0 Å². The number of benzene rings is 1. The first kappa shape index (κ1) is 35.2. The van der Waals surface area contributed by atoms with Crippen LogP contribution in [-0.2, 0) is 30.4 Å². The number of hydrogen-bond donors (Lipinski definition) is 0. The fourth-order valence-electron chi connectivity index (χ4n) is 7.42. The number of nitrogens with zero attached hydrogens (tertiary/aromatic N) is 4. The fourth-order valence-corrected chi connectivity index (χ4v) is 7.42. The van der Waals surface area contributed by atoms with E-state index in [2.05, 4.69) is 10.3 Å². The van der Waals surface area contributed by atoms with Gasteiger partial charge in [-0.2, -0.15) is 0 Å². The number of alkyl halides is 1. The molecule has 4 rings (SSSR count). The van der Waals surface area contributed by atoms with Gasteiger partial charge in [0.15, 0.2) is 11.4 Å². The first-order valence-electron chi connectivity index (χ1n) is 16.5. The van der Waals surface area contributed by atoms with Gasteiger partial charge >= 0.3 is 12.1 Å². The smallest absolute Gasteiger partial charge is 0.410 e. The number of aryl methyl sites for hydroxylation is 2. The van der Waals surface area contributed by atoms with E-state index in [1.54, 1.807) is 37.3 Å². The SMILES string of the molecule is CC[C@H]1OC(=O)[C@@](C)(F)C(=O)[C@H](C)C[C@@H](C)C[C@@H](C)C(=O)[C@H](C)[C@@H]2N(CCCCn3cc(-c4cccc(C)c4)nn3)C(=O)O[C@@]21C. The van der Waals surface area contributed by atoms with Crippen molar-refractivity contribution in [1.29, 1.82) is 0 Å². The van der Waals surface area contributed by atoms with Gasteiger partial charge in [-0.05, 0) is 64.9 Å². The maximum atomic E-state index is 15.8. The summed E-state index contributed by atoms with van der Waals surface area (Å²) in [6.07, 6.45) is 2.45. The molecule has 1 aromatic carbocycles. The quantitative estimate of drug-likeness (QED) is 0.201. The zero-order valence-corrected chi connectivity index (χ0v) is 28.4. The summed E-state index contributed by atoms with van der Waals surface area (Å²) in [5.41, 5.74) is -1.42. The second-order valence-electron chi connectivity index (χ2n) is 13.9. The number of fused-ring (bicyclic) bond motifs is 1. The third-order valence-corrected chi connectivity index (χ3v) is 9.83. The van der Waals surface area contributed by atoms with Crippen LogP contribution in [0.4, 0.5) is 9.18 Å². The highest BCUT2D eigenvalue weighted by molar-refractivity contribution is 6.07. The Balaban J connectivity index is 1.56. The van der Waals surface area contributed by atoms with Gasteiger partial charge < -0.3 is 14.4 Å². The van der Waals surface area contributed by atoms with Crippen molar-refractivity contribution in [3.63, 3.8) is 0 Å². The summed E-state index contributed by atoms with van der Waals surface area (Å²) in [5.74, 6) is -4.03. The van der Waals surface area contributed by atoms with Crippen LogP contribution < -0.4 is 0 Å². The van der Waals surface area contributed by atoms with Crippen molar-refractivity contribution in [3.8, 4) is 11.3 Å². The molecule has 0 unspecified atom stereocenters. The molecule has 46 heavy (non-hydrogen) atoms. The molecule has 3 heterocycles. The number of rotatable bonds is 7. The van der Waals surface area contributed by atoms with Crippen molar-refractivity contribution < 1.29 is 33.0 Å². The Kier molecular flexibility index (Phi) is 10.7. The molecule has 0 N–H and O–H groups in total. The van der Waals surface area contributed by atoms with E-state index in [1.807, 2.05) is 51.2 Å². The minimum atomic E-state index is -2.86. The number of carbonyl (C=O) groups excluding carboxylic acids is 4. The molecule has 0 spiro atoms. The van der Waals surface area contributed by atoms with E-state index in [9.17, 15) is 19.2 Å². The Labute approximate surface area is 271 Å². The molecule has 0 radical (unpaired) electrons. The highest BCUT2D eigenvalue weighted by Crippen LogP contribution is 2.42. The van der Waals surface area contributed by atoms with Gasteiger partial charge in [0.1, 0.15) is 17.6 Å². The molecule has 8 atom stereocenters. The Morgan fingerprint density at radius 1 is 1.00 bits per heavy atom. The normalized spacial score (nSPS) is 32.9. The third-order valence-electron chi connectivity index (χ3n) is 9.83. The number of hydrogen-bond acceptors (Lipinski definition) is 8. The minimum absolute atomic E-state index is 0.0368. The number of carbonyl (C=O) groups is 4. The predicted octanol–water partition coefficient (Wildman–Crippen LogP) is 6.14. The largest absolute Gasteiger partial charge is 0.455 e. The standard InChI is InChI=1S/C35H49FN4O6/c1-9-28-35(8)30(25(6)29(41)23(4)17-22(3)18-24(5)31(42)34(7,36)32(43)45-28)40(33(44)46-35)16-11-10-15-39-20-27(37-38-39)26-14-12-13-21(2)19-26/h12-14,19-20,22-25,28,30H,9-11,15-18H2,1-8H3/t22-,23+,24+,25-,28+,30-,34-,35+/m0/s1. The number of aromatic nitrogens is 3. The van der Waals surface area contributed by atoms with Gasteiger partial charge in [0.2, 0.25) is 0 Å². The number of esters is 1. The predicted molar refractivity (Wildman–Crippen MR) is 170 cm³/mol. The zero-order valence-electron chi connectivity index (χ0n) is 28.4. The zero-order chi connectivity index (χ0) is 34.0. The molecule has 0 saturated carbocycles. The maximum Gasteiger partial charge on any atom is 0.410 e. The van der Waals surface area contributed by atoms with Gasteiger partial charge in [-0.15, -0.1) is 5.10 Å². The van der Waals surface area contributed by atoms with Crippen LogP contribution in [0.5, 0.6) is 0 Å². The Morgan fingerprint density at radius 2 is 1.67 bits per heavy atom. The third kappa shape index (κ3) is 7.18. The maximum absolute atomic E-state index is 15.8. The molecule has 1 amide bonds. The van der Waals surface area contributed by atoms with E-state index in [0.717, 1.165) is 23.7 Å². The average molecular weight is 641 g/mol. The molecule has 2 aliphatic heterocycles. The van der Waals surface area contributed by atoms with Crippen LogP contribution in [-0.4, -0.2) is 73.5 Å². The van der Waals surface area contributed by atoms with Gasteiger partial charge in [-0.25, -0.2) is 14.0 Å². The summed E-state index contributed by atoms with van der Waals surface area (Å²) in [7, 11) is 0. The Morgan fingerprint density at radius 3 is 2.35 bits per heavy atom. The molecule has 2 aromatic rings. The molecule has 252 valence electrons. The highest BCUT2D eigenvalue weighted by Gasteiger charge is 2.60. The number of ketones is 2. The summed E-state index contributed by atoms with van der Waals surface area (Å²) in [5, 5.41) is 8.55. The second-order valence-corrected chi connectivity index (χ2v) is 13.9. The van der Waals surface area contributed by atoms with Crippen LogP contribution in [0, 0.1) is 30.6 Å². The summed E-state index contributed by atoms with van der Waals surface area (Å²) in [6.45, 7) is 14.4. The number of halogens is 1. The van der Waals surface area contributed by atoms with Gasteiger partial charge in [0, 0.05) is 36.4 Å². The van der Waals surface area contributed by atoms with Crippen LogP contribution in [0.3, 0.4) is 0 Å². The fraction of sp³-hybridized carbons (Fsp3) is 0.657. The number of unbranched alkanes of at least 4 members (excludes halogenated alkanes) is 1. The highest BCUT2D eigenvalue weighted by atomic mass is 19.1. The Hall–Kier alpha value is -3.63. The van der Waals surface area contributed by atoms with E-state index in [-0.39, 0.29) is 24.0 Å². The second kappa shape index (κ2) is 14.0. The van der Waals surface area contributed by atoms with Crippen LogP contribution in [0.15, 0.2) is 30.5 Å². The first-order valence-corrected chi connectivity index (χ1v) is 16.5. The molecule has 2 fully saturated rings. The van der Waals surface area contributed by atoms with Crippen molar-refractivity contribution >= 4 is 23.6 Å². The summed E-state index contributed by atoms with van der Waals surface area (Å²) in [4.78, 5) is 55.3. The minimum Gasteiger partial charge on any atom is -0.455 e. The van der Waals surface area contributed by atoms with Crippen LogP contribution in [0.1, 0.15) is 86.1 Å².